The molecule has 5 heteroatoms. The number of nitrogens with zero attached hydrogens (tertiary/aromatic N) is 1. The molecule has 110 valence electrons. The Hall–Kier alpha value is -2.48. The Morgan fingerprint density at radius 1 is 1.38 bits per heavy atom. The Morgan fingerprint density at radius 2 is 2.10 bits per heavy atom. The SMILES string of the molecule is CC(C)C(=O)NCC#Cc1ccc(N2CCOC2=O)cc1. The third-order valence-electron chi connectivity index (χ3n) is 3.05. The highest BCUT2D eigenvalue weighted by molar-refractivity contribution is 5.89. The predicted octanol–water partition coefficient (Wildman–Crippen LogP) is 1.77. The molecule has 1 aliphatic rings. The second kappa shape index (κ2) is 6.80. The summed E-state index contributed by atoms with van der Waals surface area (Å²) in [6.45, 7) is 5.01. The zero-order valence-corrected chi connectivity index (χ0v) is 12.2. The standard InChI is InChI=1S/C16H18N2O3/c1-12(2)15(19)17-9-3-4-13-5-7-14(8-6-13)18-10-11-21-16(18)20/h5-8,12H,9-11H2,1-2H3,(H,17,19). The second-order valence-corrected chi connectivity index (χ2v) is 4.99. The molecule has 1 aromatic carbocycles. The van der Waals surface area contributed by atoms with Gasteiger partial charge in [-0.3, -0.25) is 9.69 Å². The molecule has 0 unspecified atom stereocenters. The van der Waals surface area contributed by atoms with Gasteiger partial charge in [-0.05, 0) is 24.3 Å². The summed E-state index contributed by atoms with van der Waals surface area (Å²) < 4.78 is 4.89. The van der Waals surface area contributed by atoms with E-state index in [1.165, 1.54) is 0 Å². The number of hydrogen-bond acceptors (Lipinski definition) is 3. The van der Waals surface area contributed by atoms with Crippen molar-refractivity contribution in [1.82, 2.24) is 5.32 Å². The third kappa shape index (κ3) is 3.99. The van der Waals surface area contributed by atoms with Crippen molar-refractivity contribution >= 4 is 17.7 Å². The van der Waals surface area contributed by atoms with Gasteiger partial charge in [0.15, 0.2) is 0 Å². The van der Waals surface area contributed by atoms with Crippen LogP contribution >= 0.6 is 0 Å². The fourth-order valence-electron chi connectivity index (χ4n) is 1.83. The van der Waals surface area contributed by atoms with Crippen LogP contribution in [0.15, 0.2) is 24.3 Å². The monoisotopic (exact) mass is 286 g/mol. The highest BCUT2D eigenvalue weighted by Gasteiger charge is 2.23. The summed E-state index contributed by atoms with van der Waals surface area (Å²) >= 11 is 0. The van der Waals surface area contributed by atoms with Crippen LogP contribution in [0.4, 0.5) is 10.5 Å². The van der Waals surface area contributed by atoms with Crippen molar-refractivity contribution in [2.45, 2.75) is 13.8 Å². The van der Waals surface area contributed by atoms with Gasteiger partial charge in [-0.15, -0.1) is 0 Å². The average molecular weight is 286 g/mol. The van der Waals surface area contributed by atoms with Crippen LogP contribution in [0.3, 0.4) is 0 Å². The van der Waals surface area contributed by atoms with Crippen LogP contribution in [0.1, 0.15) is 19.4 Å². The molecule has 0 saturated carbocycles. The van der Waals surface area contributed by atoms with E-state index in [-0.39, 0.29) is 17.9 Å². The molecule has 0 aliphatic carbocycles. The number of carbonyl (C=O) groups is 2. The molecule has 1 fully saturated rings. The highest BCUT2D eigenvalue weighted by atomic mass is 16.6. The normalized spacial score (nSPS) is 13.7. The molecule has 0 spiro atoms. The van der Waals surface area contributed by atoms with E-state index in [9.17, 15) is 9.59 Å². The van der Waals surface area contributed by atoms with Crippen molar-refractivity contribution in [3.05, 3.63) is 29.8 Å². The van der Waals surface area contributed by atoms with E-state index < -0.39 is 0 Å². The number of nitrogens with one attached hydrogen (secondary N) is 1. The van der Waals surface area contributed by atoms with E-state index in [4.69, 9.17) is 4.74 Å². The van der Waals surface area contributed by atoms with Crippen LogP contribution in [-0.4, -0.2) is 31.7 Å². The maximum atomic E-state index is 11.4. The highest BCUT2D eigenvalue weighted by Crippen LogP contribution is 2.18. The molecule has 2 rings (SSSR count). The van der Waals surface area contributed by atoms with Gasteiger partial charge in [-0.25, -0.2) is 4.79 Å². The second-order valence-electron chi connectivity index (χ2n) is 4.99. The number of cyclic esters (lactones) is 1. The lowest BCUT2D eigenvalue weighted by molar-refractivity contribution is -0.123. The van der Waals surface area contributed by atoms with Gasteiger partial charge in [0.05, 0.1) is 13.1 Å². The summed E-state index contributed by atoms with van der Waals surface area (Å²) in [5.74, 6) is 5.82. The summed E-state index contributed by atoms with van der Waals surface area (Å²) in [6.07, 6.45) is -0.315. The van der Waals surface area contributed by atoms with E-state index >= 15 is 0 Å². The Bertz CT molecular complexity index is 582. The molecule has 1 aliphatic heterocycles. The molecule has 21 heavy (non-hydrogen) atoms. The van der Waals surface area contributed by atoms with Crippen LogP contribution in [0.5, 0.6) is 0 Å². The number of rotatable bonds is 3. The zero-order valence-electron chi connectivity index (χ0n) is 12.2. The van der Waals surface area contributed by atoms with Gasteiger partial charge in [0, 0.05) is 17.2 Å². The molecule has 0 atom stereocenters. The van der Waals surface area contributed by atoms with E-state index in [0.29, 0.717) is 19.7 Å². The van der Waals surface area contributed by atoms with Gasteiger partial charge in [0.1, 0.15) is 6.61 Å². The first kappa shape index (κ1) is 14.9. The Balaban J connectivity index is 1.91. The molecule has 2 amide bonds. The third-order valence-corrected chi connectivity index (χ3v) is 3.05. The van der Waals surface area contributed by atoms with Crippen LogP contribution in [0.2, 0.25) is 0 Å². The van der Waals surface area contributed by atoms with Gasteiger partial charge in [0.2, 0.25) is 5.91 Å². The lowest BCUT2D eigenvalue weighted by Crippen LogP contribution is -2.27. The van der Waals surface area contributed by atoms with E-state index in [1.54, 1.807) is 4.90 Å². The summed E-state index contributed by atoms with van der Waals surface area (Å²) in [4.78, 5) is 24.4. The van der Waals surface area contributed by atoms with E-state index in [2.05, 4.69) is 17.2 Å². The largest absolute Gasteiger partial charge is 0.447 e. The molecule has 0 aromatic heterocycles. The average Bonchev–Trinajstić information content (AvgIpc) is 2.90. The van der Waals surface area contributed by atoms with Crippen LogP contribution in [0, 0.1) is 17.8 Å². The van der Waals surface area contributed by atoms with Crippen LogP contribution in [-0.2, 0) is 9.53 Å². The Labute approximate surface area is 124 Å². The lowest BCUT2D eigenvalue weighted by Gasteiger charge is -2.11. The molecule has 1 N–H and O–H groups in total. The molecule has 1 heterocycles. The summed E-state index contributed by atoms with van der Waals surface area (Å²) in [7, 11) is 0. The number of ether oxygens (including phenoxy) is 1. The predicted molar refractivity (Wildman–Crippen MR) is 79.9 cm³/mol. The zero-order chi connectivity index (χ0) is 15.2. The summed E-state index contributed by atoms with van der Waals surface area (Å²) in [5.41, 5.74) is 1.64. The fourth-order valence-corrected chi connectivity index (χ4v) is 1.83. The molecule has 1 saturated heterocycles. The first-order valence-corrected chi connectivity index (χ1v) is 6.89. The number of anilines is 1. The van der Waals surface area contributed by atoms with Crippen molar-refractivity contribution in [3.63, 3.8) is 0 Å². The number of hydrogen-bond donors (Lipinski definition) is 1. The minimum Gasteiger partial charge on any atom is -0.447 e. The van der Waals surface area contributed by atoms with Crippen molar-refractivity contribution in [2.75, 3.05) is 24.6 Å². The van der Waals surface area contributed by atoms with Crippen LogP contribution < -0.4 is 10.2 Å². The molecule has 1 aromatic rings. The van der Waals surface area contributed by atoms with Gasteiger partial charge >= 0.3 is 6.09 Å². The van der Waals surface area contributed by atoms with Gasteiger partial charge in [-0.1, -0.05) is 25.7 Å². The lowest BCUT2D eigenvalue weighted by atomic mass is 10.2. The maximum absolute atomic E-state index is 11.4. The quantitative estimate of drug-likeness (QED) is 0.861. The summed E-state index contributed by atoms with van der Waals surface area (Å²) in [6, 6.07) is 7.36. The fraction of sp³-hybridized carbons (Fsp3) is 0.375. The molecular weight excluding hydrogens is 268 g/mol. The first-order valence-electron chi connectivity index (χ1n) is 6.89. The van der Waals surface area contributed by atoms with E-state index in [0.717, 1.165) is 11.3 Å². The van der Waals surface area contributed by atoms with Gasteiger partial charge in [0.25, 0.3) is 0 Å². The van der Waals surface area contributed by atoms with Crippen molar-refractivity contribution in [3.8, 4) is 11.8 Å². The van der Waals surface area contributed by atoms with Crippen molar-refractivity contribution in [2.24, 2.45) is 5.92 Å². The molecule has 0 bridgehead atoms. The van der Waals surface area contributed by atoms with Gasteiger partial charge in [-0.2, -0.15) is 0 Å². The topological polar surface area (TPSA) is 58.6 Å². The first-order chi connectivity index (χ1) is 10.1. The minimum atomic E-state index is -0.315. The maximum Gasteiger partial charge on any atom is 0.414 e. The van der Waals surface area contributed by atoms with Crippen molar-refractivity contribution in [1.29, 1.82) is 0 Å². The Morgan fingerprint density at radius 3 is 2.67 bits per heavy atom. The molecule has 0 radical (unpaired) electrons. The number of amides is 2. The van der Waals surface area contributed by atoms with Crippen molar-refractivity contribution < 1.29 is 14.3 Å². The van der Waals surface area contributed by atoms with Crippen LogP contribution in [0.25, 0.3) is 0 Å². The molecular formula is C16H18N2O3. The Kier molecular flexibility index (Phi) is 4.83. The smallest absolute Gasteiger partial charge is 0.414 e. The van der Waals surface area contributed by atoms with Gasteiger partial charge < -0.3 is 10.1 Å². The summed E-state index contributed by atoms with van der Waals surface area (Å²) in [5, 5.41) is 2.73. The number of carbonyl (C=O) groups excluding carboxylic acids is 2. The minimum absolute atomic E-state index is 0.00723. The van der Waals surface area contributed by atoms with E-state index in [1.807, 2.05) is 38.1 Å². The molecule has 5 nitrogen and oxygen atoms in total. The number of benzene rings is 1.